The van der Waals surface area contributed by atoms with E-state index in [0.29, 0.717) is 0 Å². The number of hydrogen-bond donors (Lipinski definition) is 3. The van der Waals surface area contributed by atoms with E-state index < -0.39 is 21.4 Å². The van der Waals surface area contributed by atoms with Gasteiger partial charge in [0.15, 0.2) is 0 Å². The van der Waals surface area contributed by atoms with Crippen molar-refractivity contribution < 1.29 is 17.9 Å². The summed E-state index contributed by atoms with van der Waals surface area (Å²) >= 11 is 0. The Morgan fingerprint density at radius 3 is 2.47 bits per heavy atom. The molecule has 5 nitrogen and oxygen atoms in total. The van der Waals surface area contributed by atoms with Crippen LogP contribution in [0.4, 0.5) is 10.1 Å². The van der Waals surface area contributed by atoms with Gasteiger partial charge in [-0.05, 0) is 39.3 Å². The summed E-state index contributed by atoms with van der Waals surface area (Å²) in [5.41, 5.74) is 5.04. The third kappa shape index (κ3) is 3.89. The molecule has 19 heavy (non-hydrogen) atoms. The summed E-state index contributed by atoms with van der Waals surface area (Å²) in [7, 11) is -3.88. The highest BCUT2D eigenvalue weighted by molar-refractivity contribution is 7.89. The number of halogens is 1. The Morgan fingerprint density at radius 1 is 1.42 bits per heavy atom. The fourth-order valence-corrected chi connectivity index (χ4v) is 3.07. The monoisotopic (exact) mass is 290 g/mol. The zero-order chi connectivity index (χ0) is 14.8. The maximum Gasteiger partial charge on any atom is 0.241 e. The average molecular weight is 290 g/mol. The highest BCUT2D eigenvalue weighted by atomic mass is 32.2. The van der Waals surface area contributed by atoms with Gasteiger partial charge >= 0.3 is 0 Å². The average Bonchev–Trinajstić information content (AvgIpc) is 2.23. The minimum atomic E-state index is -3.88. The number of hydrogen-bond acceptors (Lipinski definition) is 4. The molecule has 0 bridgehead atoms. The Bertz CT molecular complexity index is 547. The molecule has 0 amide bonds. The molecule has 0 atom stereocenters. The van der Waals surface area contributed by atoms with E-state index in [4.69, 9.17) is 10.8 Å². The standard InChI is InChI=1S/C12H19FN2O3S/c1-8-10(13)6-9(7-11(8)14)19(17,18)15-12(2,3)4-5-16/h6-7,15-16H,4-5,14H2,1-3H3. The molecule has 0 saturated carbocycles. The Labute approximate surface area is 112 Å². The van der Waals surface area contributed by atoms with Crippen molar-refractivity contribution in [3.8, 4) is 0 Å². The van der Waals surface area contributed by atoms with Crippen LogP contribution in [0.2, 0.25) is 0 Å². The van der Waals surface area contributed by atoms with Crippen molar-refractivity contribution in [3.05, 3.63) is 23.5 Å². The number of benzene rings is 1. The molecule has 0 aliphatic heterocycles. The van der Waals surface area contributed by atoms with Crippen LogP contribution in [0.25, 0.3) is 0 Å². The first-order valence-corrected chi connectivity index (χ1v) is 7.28. The van der Waals surface area contributed by atoms with Gasteiger partial charge < -0.3 is 10.8 Å². The molecule has 4 N–H and O–H groups in total. The van der Waals surface area contributed by atoms with Crippen molar-refractivity contribution in [2.24, 2.45) is 0 Å². The van der Waals surface area contributed by atoms with E-state index in [1.54, 1.807) is 13.8 Å². The SMILES string of the molecule is Cc1c(N)cc(S(=O)(=O)NC(C)(C)CCO)cc1F. The van der Waals surface area contributed by atoms with Crippen LogP contribution >= 0.6 is 0 Å². The van der Waals surface area contributed by atoms with Gasteiger partial charge in [-0.1, -0.05) is 0 Å². The second kappa shape index (κ2) is 5.44. The topological polar surface area (TPSA) is 92.4 Å². The van der Waals surface area contributed by atoms with Crippen molar-refractivity contribution in [1.29, 1.82) is 0 Å². The zero-order valence-electron chi connectivity index (χ0n) is 11.2. The molecule has 0 aliphatic carbocycles. The molecule has 0 radical (unpaired) electrons. The van der Waals surface area contributed by atoms with Gasteiger partial charge in [-0.25, -0.2) is 17.5 Å². The molecule has 0 unspecified atom stereocenters. The Hall–Kier alpha value is -1.18. The molecule has 0 saturated heterocycles. The number of nitrogens with one attached hydrogen (secondary N) is 1. The van der Waals surface area contributed by atoms with Gasteiger partial charge in [-0.2, -0.15) is 0 Å². The summed E-state index contributed by atoms with van der Waals surface area (Å²) in [6.45, 7) is 4.59. The number of rotatable bonds is 5. The molecule has 7 heteroatoms. The van der Waals surface area contributed by atoms with Gasteiger partial charge in [0.25, 0.3) is 0 Å². The van der Waals surface area contributed by atoms with Crippen molar-refractivity contribution in [2.75, 3.05) is 12.3 Å². The van der Waals surface area contributed by atoms with E-state index in [0.717, 1.165) is 6.07 Å². The zero-order valence-corrected chi connectivity index (χ0v) is 12.0. The lowest BCUT2D eigenvalue weighted by atomic mass is 10.0. The van der Waals surface area contributed by atoms with Crippen LogP contribution in [0.15, 0.2) is 17.0 Å². The molecule has 0 aliphatic rings. The maximum atomic E-state index is 13.5. The Kier molecular flexibility index (Phi) is 4.54. The second-order valence-electron chi connectivity index (χ2n) is 5.08. The molecule has 0 fully saturated rings. The van der Waals surface area contributed by atoms with Crippen LogP contribution in [0.1, 0.15) is 25.8 Å². The fourth-order valence-electron chi connectivity index (χ4n) is 1.58. The lowest BCUT2D eigenvalue weighted by molar-refractivity contribution is 0.245. The quantitative estimate of drug-likeness (QED) is 0.709. The molecular formula is C12H19FN2O3S. The van der Waals surface area contributed by atoms with Crippen LogP contribution < -0.4 is 10.5 Å². The first-order valence-electron chi connectivity index (χ1n) is 5.79. The first kappa shape index (κ1) is 15.9. The lowest BCUT2D eigenvalue weighted by Gasteiger charge is -2.25. The number of nitrogens with two attached hydrogens (primary N) is 1. The Balaban J connectivity index is 3.15. The summed E-state index contributed by atoms with van der Waals surface area (Å²) in [5.74, 6) is -0.666. The fraction of sp³-hybridized carbons (Fsp3) is 0.500. The predicted molar refractivity (Wildman–Crippen MR) is 71.7 cm³/mol. The van der Waals surface area contributed by atoms with Gasteiger partial charge in [0, 0.05) is 23.4 Å². The maximum absolute atomic E-state index is 13.5. The number of anilines is 1. The summed E-state index contributed by atoms with van der Waals surface area (Å²) < 4.78 is 40.2. The number of aliphatic hydroxyl groups is 1. The second-order valence-corrected chi connectivity index (χ2v) is 6.76. The summed E-state index contributed by atoms with van der Waals surface area (Å²) in [6, 6.07) is 2.15. The largest absolute Gasteiger partial charge is 0.398 e. The molecule has 1 aromatic carbocycles. The summed E-state index contributed by atoms with van der Waals surface area (Å²) in [6.07, 6.45) is 0.246. The normalized spacial score (nSPS) is 12.7. The third-order valence-electron chi connectivity index (χ3n) is 2.82. The highest BCUT2D eigenvalue weighted by Gasteiger charge is 2.26. The smallest absolute Gasteiger partial charge is 0.241 e. The number of sulfonamides is 1. The van der Waals surface area contributed by atoms with Gasteiger partial charge in [0.2, 0.25) is 10.0 Å². The third-order valence-corrected chi connectivity index (χ3v) is 4.49. The predicted octanol–water partition coefficient (Wildman–Crippen LogP) is 1.16. The molecular weight excluding hydrogens is 271 g/mol. The van der Waals surface area contributed by atoms with Crippen LogP contribution in [-0.4, -0.2) is 25.7 Å². The lowest BCUT2D eigenvalue weighted by Crippen LogP contribution is -2.43. The van der Waals surface area contributed by atoms with E-state index in [1.165, 1.54) is 13.0 Å². The molecule has 1 rings (SSSR count). The van der Waals surface area contributed by atoms with Crippen LogP contribution in [0.5, 0.6) is 0 Å². The summed E-state index contributed by atoms with van der Waals surface area (Å²) in [5, 5.41) is 8.88. The van der Waals surface area contributed by atoms with E-state index in [2.05, 4.69) is 4.72 Å². The van der Waals surface area contributed by atoms with Crippen molar-refractivity contribution in [1.82, 2.24) is 4.72 Å². The van der Waals surface area contributed by atoms with Gasteiger partial charge in [-0.3, -0.25) is 0 Å². The van der Waals surface area contributed by atoms with Crippen LogP contribution in [-0.2, 0) is 10.0 Å². The van der Waals surface area contributed by atoms with Crippen molar-refractivity contribution in [3.63, 3.8) is 0 Å². The highest BCUT2D eigenvalue weighted by Crippen LogP contribution is 2.22. The van der Waals surface area contributed by atoms with Crippen molar-refractivity contribution in [2.45, 2.75) is 37.6 Å². The van der Waals surface area contributed by atoms with Crippen molar-refractivity contribution >= 4 is 15.7 Å². The van der Waals surface area contributed by atoms with Gasteiger partial charge in [-0.15, -0.1) is 0 Å². The first-order chi connectivity index (χ1) is 8.59. The molecule has 108 valence electrons. The number of nitrogen functional groups attached to an aromatic ring is 1. The van der Waals surface area contributed by atoms with Gasteiger partial charge in [0.1, 0.15) is 5.82 Å². The van der Waals surface area contributed by atoms with E-state index in [-0.39, 0.29) is 29.2 Å². The molecule has 1 aromatic rings. The minimum Gasteiger partial charge on any atom is -0.398 e. The molecule has 0 spiro atoms. The van der Waals surface area contributed by atoms with E-state index in [9.17, 15) is 12.8 Å². The van der Waals surface area contributed by atoms with Crippen LogP contribution in [0.3, 0.4) is 0 Å². The van der Waals surface area contributed by atoms with Crippen LogP contribution in [0, 0.1) is 12.7 Å². The molecule has 0 aromatic heterocycles. The number of aliphatic hydroxyl groups excluding tert-OH is 1. The Morgan fingerprint density at radius 2 is 2.00 bits per heavy atom. The minimum absolute atomic E-state index is 0.0836. The molecule has 0 heterocycles. The van der Waals surface area contributed by atoms with E-state index >= 15 is 0 Å². The van der Waals surface area contributed by atoms with E-state index in [1.807, 2.05) is 0 Å². The summed E-state index contributed by atoms with van der Waals surface area (Å²) in [4.78, 5) is -0.223. The van der Waals surface area contributed by atoms with Gasteiger partial charge in [0.05, 0.1) is 4.90 Å².